The van der Waals surface area contributed by atoms with Crippen molar-refractivity contribution in [2.75, 3.05) is 46.1 Å². The third kappa shape index (κ3) is 7.69. The second-order valence-electron chi connectivity index (χ2n) is 9.01. The van der Waals surface area contributed by atoms with E-state index in [1.54, 1.807) is 13.2 Å². The van der Waals surface area contributed by atoms with Crippen molar-refractivity contribution in [2.24, 2.45) is 5.92 Å². The van der Waals surface area contributed by atoms with Gasteiger partial charge in [0.2, 0.25) is 0 Å². The monoisotopic (exact) mass is 501 g/mol. The van der Waals surface area contributed by atoms with Crippen LogP contribution in [0.3, 0.4) is 0 Å². The highest BCUT2D eigenvalue weighted by molar-refractivity contribution is 6.33. The van der Waals surface area contributed by atoms with Gasteiger partial charge in [0.1, 0.15) is 5.75 Å². The van der Waals surface area contributed by atoms with E-state index in [-0.39, 0.29) is 23.7 Å². The Morgan fingerprint density at radius 3 is 2.63 bits per heavy atom. The second-order valence-corrected chi connectivity index (χ2v) is 9.41. The summed E-state index contributed by atoms with van der Waals surface area (Å²) in [5.74, 6) is 0.588. The lowest BCUT2D eigenvalue weighted by molar-refractivity contribution is -0.0107. The molecule has 7 nitrogen and oxygen atoms in total. The van der Waals surface area contributed by atoms with E-state index in [9.17, 15) is 9.59 Å². The number of piperidine rings is 1. The van der Waals surface area contributed by atoms with E-state index in [0.29, 0.717) is 35.0 Å². The van der Waals surface area contributed by atoms with Crippen LogP contribution in [0.25, 0.3) is 0 Å². The van der Waals surface area contributed by atoms with E-state index < -0.39 is 0 Å². The number of carbonyl (C=O) groups excluding carboxylic acids is 2. The summed E-state index contributed by atoms with van der Waals surface area (Å²) in [7, 11) is 3.22. The van der Waals surface area contributed by atoms with E-state index >= 15 is 0 Å². The molecule has 2 aromatic rings. The van der Waals surface area contributed by atoms with Crippen molar-refractivity contribution in [2.45, 2.75) is 38.2 Å². The number of Topliss-reactive ketones (excluding diaryl/α,β-unsaturated/α-hetero) is 1. The lowest BCUT2D eigenvalue weighted by atomic mass is 9.93. The lowest BCUT2D eigenvalue weighted by Crippen LogP contribution is -2.48. The van der Waals surface area contributed by atoms with Gasteiger partial charge in [0, 0.05) is 44.2 Å². The highest BCUT2D eigenvalue weighted by atomic mass is 35.5. The number of carbonyl (C=O) groups is 2. The molecular formula is C27H36ClN3O4. The van der Waals surface area contributed by atoms with Crippen LogP contribution in [0.1, 0.15) is 52.8 Å². The summed E-state index contributed by atoms with van der Waals surface area (Å²) in [6.45, 7) is 3.29. The summed E-state index contributed by atoms with van der Waals surface area (Å²) < 4.78 is 11.1. The van der Waals surface area contributed by atoms with Crippen molar-refractivity contribution >= 4 is 29.0 Å². The van der Waals surface area contributed by atoms with E-state index in [1.807, 2.05) is 30.3 Å². The molecule has 1 saturated heterocycles. The van der Waals surface area contributed by atoms with E-state index in [2.05, 4.69) is 10.2 Å². The van der Waals surface area contributed by atoms with Crippen molar-refractivity contribution in [3.8, 4) is 5.75 Å². The minimum absolute atomic E-state index is 0.0422. The molecule has 0 radical (unpaired) electrons. The molecular weight excluding hydrogens is 466 g/mol. The van der Waals surface area contributed by atoms with Crippen LogP contribution in [-0.2, 0) is 4.74 Å². The van der Waals surface area contributed by atoms with Crippen LogP contribution in [0, 0.1) is 5.92 Å². The quantitative estimate of drug-likeness (QED) is 0.254. The number of amides is 1. The number of ether oxygens (including phenoxy) is 2. The van der Waals surface area contributed by atoms with E-state index in [0.717, 1.165) is 50.9 Å². The van der Waals surface area contributed by atoms with Crippen LogP contribution in [-0.4, -0.2) is 63.1 Å². The first-order chi connectivity index (χ1) is 16.9. The largest absolute Gasteiger partial charge is 0.496 e. The Balaban J connectivity index is 1.39. The van der Waals surface area contributed by atoms with Gasteiger partial charge in [-0.25, -0.2) is 0 Å². The number of nitrogens with zero attached hydrogens (tertiary/aromatic N) is 1. The molecule has 0 bridgehead atoms. The van der Waals surface area contributed by atoms with Gasteiger partial charge < -0.3 is 25.4 Å². The van der Waals surface area contributed by atoms with Crippen LogP contribution in [0.15, 0.2) is 42.5 Å². The van der Waals surface area contributed by atoms with Gasteiger partial charge in [-0.05, 0) is 38.4 Å². The number of halogens is 1. The molecule has 2 aromatic carbocycles. The third-order valence-corrected chi connectivity index (χ3v) is 6.97. The second kappa shape index (κ2) is 13.5. The standard InChI is InChI=1S/C27H36ClN3O4/c1-34-25-16-23(29)22(28)15-21(25)27(33)30-17-20-12-14-31(18-26(20)35-2)13-8-4-7-11-24(32)19-9-5-3-6-10-19/h3,5-6,9-10,15-16,20,26H,4,7-8,11-14,17-18,29H2,1-2H3,(H,30,33)/t20-,26-/m0/s1. The topological polar surface area (TPSA) is 93.9 Å². The molecule has 3 rings (SSSR count). The zero-order valence-corrected chi connectivity index (χ0v) is 21.4. The number of ketones is 1. The number of likely N-dealkylation sites (tertiary alicyclic amines) is 1. The molecule has 1 heterocycles. The van der Waals surface area contributed by atoms with Gasteiger partial charge in [-0.1, -0.05) is 48.4 Å². The number of unbranched alkanes of at least 4 members (excludes halogenated alkanes) is 2. The maximum Gasteiger partial charge on any atom is 0.255 e. The van der Waals surface area contributed by atoms with E-state index in [1.165, 1.54) is 13.2 Å². The number of rotatable bonds is 12. The van der Waals surface area contributed by atoms with Crippen LogP contribution in [0.5, 0.6) is 5.75 Å². The summed E-state index contributed by atoms with van der Waals surface area (Å²) >= 11 is 6.10. The van der Waals surface area contributed by atoms with Crippen molar-refractivity contribution in [1.29, 1.82) is 0 Å². The predicted molar refractivity (Wildman–Crippen MR) is 139 cm³/mol. The normalized spacial score (nSPS) is 18.3. The van der Waals surface area contributed by atoms with Crippen molar-refractivity contribution in [3.63, 3.8) is 0 Å². The first kappa shape index (κ1) is 27.0. The molecule has 1 aliphatic heterocycles. The number of nitrogen functional groups attached to an aromatic ring is 1. The molecule has 0 spiro atoms. The van der Waals surface area contributed by atoms with E-state index in [4.69, 9.17) is 26.8 Å². The highest BCUT2D eigenvalue weighted by Gasteiger charge is 2.29. The number of hydrogen-bond acceptors (Lipinski definition) is 6. The lowest BCUT2D eigenvalue weighted by Gasteiger charge is -2.38. The molecule has 0 saturated carbocycles. The Morgan fingerprint density at radius 1 is 1.14 bits per heavy atom. The molecule has 8 heteroatoms. The number of methoxy groups -OCH3 is 2. The fraction of sp³-hybridized carbons (Fsp3) is 0.481. The summed E-state index contributed by atoms with van der Waals surface area (Å²) in [6, 6.07) is 12.6. The zero-order valence-electron chi connectivity index (χ0n) is 20.6. The Hall–Kier alpha value is -2.61. The molecule has 0 aliphatic carbocycles. The van der Waals surface area contributed by atoms with Crippen molar-refractivity contribution in [1.82, 2.24) is 10.2 Å². The molecule has 0 unspecified atom stereocenters. The number of hydrogen-bond donors (Lipinski definition) is 2. The summed E-state index contributed by atoms with van der Waals surface area (Å²) in [4.78, 5) is 27.4. The first-order valence-electron chi connectivity index (χ1n) is 12.2. The van der Waals surface area contributed by atoms with Crippen molar-refractivity contribution in [3.05, 3.63) is 58.6 Å². The SMILES string of the molecule is COc1cc(N)c(Cl)cc1C(=O)NC[C@@H]1CCN(CCCCCC(=O)c2ccccc2)C[C@@H]1OC. The maximum atomic E-state index is 12.8. The predicted octanol–water partition coefficient (Wildman–Crippen LogP) is 4.44. The highest BCUT2D eigenvalue weighted by Crippen LogP contribution is 2.29. The average molecular weight is 502 g/mol. The van der Waals surface area contributed by atoms with Crippen LogP contribution >= 0.6 is 11.6 Å². The van der Waals surface area contributed by atoms with Crippen LogP contribution < -0.4 is 15.8 Å². The van der Waals surface area contributed by atoms with Gasteiger partial charge in [0.05, 0.1) is 29.5 Å². The summed E-state index contributed by atoms with van der Waals surface area (Å²) in [6.07, 6.45) is 4.56. The smallest absolute Gasteiger partial charge is 0.255 e. The number of nitrogens with two attached hydrogens (primary N) is 1. The molecule has 190 valence electrons. The minimum Gasteiger partial charge on any atom is -0.496 e. The molecule has 2 atom stereocenters. The van der Waals surface area contributed by atoms with Gasteiger partial charge in [-0.3, -0.25) is 9.59 Å². The van der Waals surface area contributed by atoms with Gasteiger partial charge in [0.15, 0.2) is 5.78 Å². The fourth-order valence-electron chi connectivity index (χ4n) is 4.53. The molecule has 3 N–H and O–H groups in total. The minimum atomic E-state index is -0.244. The molecule has 35 heavy (non-hydrogen) atoms. The Kier molecular flexibility index (Phi) is 10.4. The molecule has 1 fully saturated rings. The Bertz CT molecular complexity index is 986. The third-order valence-electron chi connectivity index (χ3n) is 6.64. The Labute approximate surface area is 212 Å². The number of anilines is 1. The first-order valence-corrected chi connectivity index (χ1v) is 12.5. The molecule has 1 amide bonds. The zero-order chi connectivity index (χ0) is 25.2. The van der Waals surface area contributed by atoms with Gasteiger partial charge in [-0.2, -0.15) is 0 Å². The van der Waals surface area contributed by atoms with Gasteiger partial charge in [-0.15, -0.1) is 0 Å². The summed E-state index contributed by atoms with van der Waals surface area (Å²) in [5.41, 5.74) is 7.34. The van der Waals surface area contributed by atoms with Crippen LogP contribution in [0.2, 0.25) is 5.02 Å². The van der Waals surface area contributed by atoms with Crippen molar-refractivity contribution < 1.29 is 19.1 Å². The summed E-state index contributed by atoms with van der Waals surface area (Å²) in [5, 5.41) is 3.33. The number of benzene rings is 2. The Morgan fingerprint density at radius 2 is 1.91 bits per heavy atom. The number of nitrogens with one attached hydrogen (secondary N) is 1. The van der Waals surface area contributed by atoms with Gasteiger partial charge in [0.25, 0.3) is 5.91 Å². The molecule has 1 aliphatic rings. The molecule has 0 aromatic heterocycles. The average Bonchev–Trinajstić information content (AvgIpc) is 2.88. The van der Waals surface area contributed by atoms with Gasteiger partial charge >= 0.3 is 0 Å². The fourth-order valence-corrected chi connectivity index (χ4v) is 4.70. The van der Waals surface area contributed by atoms with Crippen LogP contribution in [0.4, 0.5) is 5.69 Å². The maximum absolute atomic E-state index is 12.8.